The number of thioether (sulfide) groups is 1. The molecule has 0 aliphatic heterocycles. The molecular weight excluding hydrogens is 375 g/mol. The van der Waals surface area contributed by atoms with E-state index in [-0.39, 0.29) is 17.6 Å². The summed E-state index contributed by atoms with van der Waals surface area (Å²) in [6.07, 6.45) is 0. The van der Waals surface area contributed by atoms with E-state index in [0.29, 0.717) is 16.1 Å². The van der Waals surface area contributed by atoms with Gasteiger partial charge in [-0.15, -0.1) is 11.8 Å². The Morgan fingerprint density at radius 1 is 0.893 bits per heavy atom. The second-order valence-electron chi connectivity index (χ2n) is 6.16. The number of aryl methyl sites for hydroxylation is 1. The van der Waals surface area contributed by atoms with Crippen molar-refractivity contribution in [3.63, 3.8) is 0 Å². The van der Waals surface area contributed by atoms with Crippen molar-refractivity contribution in [2.75, 3.05) is 16.4 Å². The lowest BCUT2D eigenvalue weighted by Crippen LogP contribution is -2.16. The second-order valence-corrected chi connectivity index (χ2v) is 7.18. The van der Waals surface area contributed by atoms with Crippen LogP contribution in [0.25, 0.3) is 0 Å². The maximum Gasteiger partial charge on any atom is 0.256 e. The molecule has 3 rings (SSSR count). The average molecular weight is 394 g/mol. The molecule has 0 aliphatic carbocycles. The molecule has 0 unspecified atom stereocenters. The summed E-state index contributed by atoms with van der Waals surface area (Å²) in [6, 6.07) is 20.3. The molecule has 3 aromatic rings. The van der Waals surface area contributed by atoms with E-state index in [1.54, 1.807) is 30.3 Å². The fourth-order valence-electron chi connectivity index (χ4n) is 2.52. The van der Waals surface area contributed by atoms with Gasteiger partial charge in [-0.3, -0.25) is 9.59 Å². The largest absolute Gasteiger partial charge is 0.325 e. The summed E-state index contributed by atoms with van der Waals surface area (Å²) >= 11 is 1.27. The predicted octanol–water partition coefficient (Wildman–Crippen LogP) is 5.12. The maximum absolute atomic E-state index is 13.3. The Bertz CT molecular complexity index is 990. The summed E-state index contributed by atoms with van der Waals surface area (Å²) in [4.78, 5) is 25.4. The average Bonchev–Trinajstić information content (AvgIpc) is 2.68. The molecule has 0 saturated carbocycles. The summed E-state index contributed by atoms with van der Waals surface area (Å²) in [5.74, 6) is -0.770. The molecule has 2 N–H and O–H groups in total. The number of hydrogen-bond acceptors (Lipinski definition) is 3. The number of hydrogen-bond donors (Lipinski definition) is 2. The predicted molar refractivity (Wildman–Crippen MR) is 111 cm³/mol. The van der Waals surface area contributed by atoms with Crippen molar-refractivity contribution < 1.29 is 14.0 Å². The first-order valence-electron chi connectivity index (χ1n) is 8.66. The Morgan fingerprint density at radius 2 is 1.64 bits per heavy atom. The highest BCUT2D eigenvalue weighted by Crippen LogP contribution is 2.24. The van der Waals surface area contributed by atoms with Gasteiger partial charge >= 0.3 is 0 Å². The molecule has 0 radical (unpaired) electrons. The Balaban J connectivity index is 1.64. The monoisotopic (exact) mass is 394 g/mol. The van der Waals surface area contributed by atoms with Gasteiger partial charge < -0.3 is 10.6 Å². The standard InChI is InChI=1S/C22H19FN2O2S/c1-15-9-11-17(12-10-15)24-21(26)14-28-20-8-3-2-7-19(20)22(27)25-18-6-4-5-16(23)13-18/h2-13H,14H2,1H3,(H,24,26)(H,25,27). The van der Waals surface area contributed by atoms with E-state index in [9.17, 15) is 14.0 Å². The number of carbonyl (C=O) groups is 2. The van der Waals surface area contributed by atoms with Crippen molar-refractivity contribution in [1.82, 2.24) is 0 Å². The third-order valence-electron chi connectivity index (χ3n) is 3.91. The minimum absolute atomic E-state index is 0.158. The summed E-state index contributed by atoms with van der Waals surface area (Å²) in [5, 5.41) is 5.51. The number of nitrogens with one attached hydrogen (secondary N) is 2. The zero-order valence-corrected chi connectivity index (χ0v) is 16.1. The van der Waals surface area contributed by atoms with E-state index in [2.05, 4.69) is 10.6 Å². The topological polar surface area (TPSA) is 58.2 Å². The van der Waals surface area contributed by atoms with Crippen molar-refractivity contribution in [2.45, 2.75) is 11.8 Å². The number of amides is 2. The molecule has 4 nitrogen and oxygen atoms in total. The maximum atomic E-state index is 13.3. The van der Waals surface area contributed by atoms with Crippen molar-refractivity contribution in [1.29, 1.82) is 0 Å². The minimum atomic E-state index is -0.423. The van der Waals surface area contributed by atoms with Gasteiger partial charge in [0.2, 0.25) is 5.91 Å². The first-order valence-corrected chi connectivity index (χ1v) is 9.65. The smallest absolute Gasteiger partial charge is 0.256 e. The second kappa shape index (κ2) is 9.19. The summed E-state index contributed by atoms with van der Waals surface area (Å²) in [7, 11) is 0. The quantitative estimate of drug-likeness (QED) is 0.571. The van der Waals surface area contributed by atoms with Crippen LogP contribution in [0.3, 0.4) is 0 Å². The Kier molecular flexibility index (Phi) is 6.45. The molecule has 0 aromatic heterocycles. The Labute approximate surface area is 167 Å². The number of halogens is 1. The van der Waals surface area contributed by atoms with Crippen LogP contribution in [0.15, 0.2) is 77.7 Å². The number of benzene rings is 3. The van der Waals surface area contributed by atoms with Crippen LogP contribution < -0.4 is 10.6 Å². The molecule has 142 valence electrons. The van der Waals surface area contributed by atoms with Crippen LogP contribution in [0, 0.1) is 12.7 Å². The minimum Gasteiger partial charge on any atom is -0.325 e. The summed E-state index contributed by atoms with van der Waals surface area (Å²) < 4.78 is 13.3. The van der Waals surface area contributed by atoms with Crippen molar-refractivity contribution in [2.24, 2.45) is 0 Å². The molecule has 2 amide bonds. The lowest BCUT2D eigenvalue weighted by atomic mass is 10.2. The summed E-state index contributed by atoms with van der Waals surface area (Å²) in [6.45, 7) is 1.98. The van der Waals surface area contributed by atoms with Gasteiger partial charge in [-0.2, -0.15) is 0 Å². The first-order chi connectivity index (χ1) is 13.5. The highest BCUT2D eigenvalue weighted by atomic mass is 32.2. The van der Waals surface area contributed by atoms with Crippen LogP contribution >= 0.6 is 11.8 Å². The van der Waals surface area contributed by atoms with Gasteiger partial charge in [-0.05, 0) is 49.4 Å². The van der Waals surface area contributed by atoms with E-state index < -0.39 is 5.82 Å². The first kappa shape index (κ1) is 19.6. The van der Waals surface area contributed by atoms with Crippen molar-refractivity contribution in [3.8, 4) is 0 Å². The van der Waals surface area contributed by atoms with Crippen LogP contribution in [0.4, 0.5) is 15.8 Å². The van der Waals surface area contributed by atoms with Gasteiger partial charge in [0, 0.05) is 16.3 Å². The molecule has 0 heterocycles. The fraction of sp³-hybridized carbons (Fsp3) is 0.0909. The van der Waals surface area contributed by atoms with Gasteiger partial charge in [0.1, 0.15) is 5.82 Å². The molecule has 0 bridgehead atoms. The molecule has 0 saturated heterocycles. The van der Waals surface area contributed by atoms with E-state index in [4.69, 9.17) is 0 Å². The fourth-order valence-corrected chi connectivity index (χ4v) is 3.37. The van der Waals surface area contributed by atoms with E-state index >= 15 is 0 Å². The number of carbonyl (C=O) groups excluding carboxylic acids is 2. The van der Waals surface area contributed by atoms with Crippen LogP contribution in [0.1, 0.15) is 15.9 Å². The zero-order chi connectivity index (χ0) is 19.9. The number of anilines is 2. The summed E-state index contributed by atoms with van der Waals surface area (Å²) in [5.41, 5.74) is 2.65. The van der Waals surface area contributed by atoms with Gasteiger partial charge in [0.05, 0.1) is 11.3 Å². The Hall–Kier alpha value is -3.12. The molecule has 0 aliphatic rings. The van der Waals surface area contributed by atoms with Crippen molar-refractivity contribution in [3.05, 3.63) is 89.7 Å². The van der Waals surface area contributed by atoms with E-state index in [0.717, 1.165) is 11.3 Å². The van der Waals surface area contributed by atoms with E-state index in [1.807, 2.05) is 31.2 Å². The van der Waals surface area contributed by atoms with Gasteiger partial charge in [-0.1, -0.05) is 35.9 Å². The highest BCUT2D eigenvalue weighted by Gasteiger charge is 2.13. The molecule has 6 heteroatoms. The SMILES string of the molecule is Cc1ccc(NC(=O)CSc2ccccc2C(=O)Nc2cccc(F)c2)cc1. The Morgan fingerprint density at radius 3 is 2.39 bits per heavy atom. The van der Waals surface area contributed by atoms with Gasteiger partial charge in [0.25, 0.3) is 5.91 Å². The van der Waals surface area contributed by atoms with Crippen LogP contribution in [-0.2, 0) is 4.79 Å². The normalized spacial score (nSPS) is 10.4. The highest BCUT2D eigenvalue weighted by molar-refractivity contribution is 8.00. The lowest BCUT2D eigenvalue weighted by Gasteiger charge is -2.10. The van der Waals surface area contributed by atoms with Crippen LogP contribution in [0.5, 0.6) is 0 Å². The molecule has 0 spiro atoms. The van der Waals surface area contributed by atoms with E-state index in [1.165, 1.54) is 30.0 Å². The third-order valence-corrected chi connectivity index (χ3v) is 4.98. The molecule has 0 atom stereocenters. The number of rotatable bonds is 6. The molecule has 3 aromatic carbocycles. The van der Waals surface area contributed by atoms with Gasteiger partial charge in [0.15, 0.2) is 0 Å². The third kappa shape index (κ3) is 5.44. The van der Waals surface area contributed by atoms with Crippen LogP contribution in [-0.4, -0.2) is 17.6 Å². The lowest BCUT2D eigenvalue weighted by molar-refractivity contribution is -0.113. The van der Waals surface area contributed by atoms with Crippen molar-refractivity contribution >= 4 is 35.0 Å². The van der Waals surface area contributed by atoms with Gasteiger partial charge in [-0.25, -0.2) is 4.39 Å². The molecule has 28 heavy (non-hydrogen) atoms. The molecule has 0 fully saturated rings. The van der Waals surface area contributed by atoms with Crippen LogP contribution in [0.2, 0.25) is 0 Å². The zero-order valence-electron chi connectivity index (χ0n) is 15.2. The molecular formula is C22H19FN2O2S.